The van der Waals surface area contributed by atoms with E-state index < -0.39 is 12.4 Å². The van der Waals surface area contributed by atoms with Crippen molar-refractivity contribution in [3.8, 4) is 5.75 Å². The van der Waals surface area contributed by atoms with Crippen LogP contribution in [0.25, 0.3) is 0 Å². The zero-order valence-electron chi connectivity index (χ0n) is 10.1. The van der Waals surface area contributed by atoms with Crippen molar-refractivity contribution in [2.75, 3.05) is 13.4 Å². The van der Waals surface area contributed by atoms with Crippen LogP contribution in [0.3, 0.4) is 0 Å². The third kappa shape index (κ3) is 5.58. The molecule has 0 N–H and O–H groups in total. The summed E-state index contributed by atoms with van der Waals surface area (Å²) in [7, 11) is 0. The van der Waals surface area contributed by atoms with Gasteiger partial charge in [0.2, 0.25) is 0 Å². The van der Waals surface area contributed by atoms with Gasteiger partial charge in [0, 0.05) is 6.20 Å². The second kappa shape index (κ2) is 7.25. The number of pyridine rings is 1. The Morgan fingerprint density at radius 3 is 2.61 bits per heavy atom. The molecule has 94 valence electrons. The molecule has 0 unspecified atom stereocenters. The number of hydrogen-bond acceptors (Lipinski definition) is 3. The third-order valence-corrected chi connectivity index (χ3v) is 2.47. The molecule has 1 aliphatic carbocycles. The molecule has 0 bridgehead atoms. The Kier molecular flexibility index (Phi) is 6.63. The SMILES string of the molecule is F[B-](F)(F)c1cncc(OCOCC2CC2)c1.[K+]. The molecular weight excluding hydrogens is 273 g/mol. The monoisotopic (exact) mass is 285 g/mol. The van der Waals surface area contributed by atoms with Crippen LogP contribution in [0.2, 0.25) is 0 Å². The molecule has 0 spiro atoms. The summed E-state index contributed by atoms with van der Waals surface area (Å²) in [5.74, 6) is 0.680. The second-order valence-electron chi connectivity index (χ2n) is 4.11. The first-order chi connectivity index (χ1) is 8.05. The van der Waals surface area contributed by atoms with Crippen LogP contribution in [0.4, 0.5) is 12.9 Å². The first kappa shape index (κ1) is 16.5. The van der Waals surface area contributed by atoms with Gasteiger partial charge in [-0.05, 0) is 24.8 Å². The number of ether oxygens (including phenoxy) is 2. The van der Waals surface area contributed by atoms with Crippen LogP contribution in [0.15, 0.2) is 18.5 Å². The van der Waals surface area contributed by atoms with Gasteiger partial charge in [-0.1, -0.05) is 5.46 Å². The first-order valence-corrected chi connectivity index (χ1v) is 5.41. The minimum absolute atomic E-state index is 0. The molecule has 0 amide bonds. The Balaban J connectivity index is 0.00000162. The Morgan fingerprint density at radius 2 is 2.00 bits per heavy atom. The van der Waals surface area contributed by atoms with E-state index in [1.165, 1.54) is 6.20 Å². The molecular formula is C10H12BF3KNO2. The van der Waals surface area contributed by atoms with Crippen LogP contribution in [-0.4, -0.2) is 25.4 Å². The van der Waals surface area contributed by atoms with Gasteiger partial charge in [-0.15, -0.1) is 0 Å². The number of halogens is 3. The molecule has 0 saturated heterocycles. The number of aromatic nitrogens is 1. The van der Waals surface area contributed by atoms with Crippen LogP contribution in [0, 0.1) is 5.92 Å². The number of nitrogens with zero attached hydrogens (tertiary/aromatic N) is 1. The third-order valence-electron chi connectivity index (χ3n) is 2.47. The van der Waals surface area contributed by atoms with Gasteiger partial charge >= 0.3 is 58.4 Å². The summed E-state index contributed by atoms with van der Waals surface area (Å²) in [6.07, 6.45) is 4.35. The average Bonchev–Trinajstić information content (AvgIpc) is 3.08. The fraction of sp³-hybridized carbons (Fsp3) is 0.500. The maximum atomic E-state index is 12.4. The van der Waals surface area contributed by atoms with E-state index in [1.54, 1.807) is 0 Å². The van der Waals surface area contributed by atoms with Crippen LogP contribution in [0.5, 0.6) is 5.75 Å². The van der Waals surface area contributed by atoms with Crippen molar-refractivity contribution in [2.24, 2.45) is 5.92 Å². The summed E-state index contributed by atoms with van der Waals surface area (Å²) in [6.45, 7) is -4.46. The standard InChI is InChI=1S/C10H12BF3NO2.K/c12-11(13,14)9-3-10(5-15-4-9)17-7-16-6-8-1-2-8;/h3-5,8H,1-2,6-7H2;/q-1;+1. The van der Waals surface area contributed by atoms with E-state index in [1.807, 2.05) is 0 Å². The Bertz CT molecular complexity index is 388. The maximum absolute atomic E-state index is 12.4. The van der Waals surface area contributed by atoms with E-state index in [2.05, 4.69) is 4.98 Å². The molecule has 0 aromatic carbocycles. The smallest absolute Gasteiger partial charge is 0.466 e. The molecule has 1 saturated carbocycles. The minimum Gasteiger partial charge on any atom is -0.466 e. The van der Waals surface area contributed by atoms with Crippen molar-refractivity contribution in [1.82, 2.24) is 4.98 Å². The Morgan fingerprint density at radius 1 is 1.28 bits per heavy atom. The largest absolute Gasteiger partial charge is 1.00 e. The van der Waals surface area contributed by atoms with Gasteiger partial charge in [0.1, 0.15) is 5.75 Å². The molecule has 0 aliphatic heterocycles. The van der Waals surface area contributed by atoms with E-state index in [0.717, 1.165) is 25.1 Å². The molecule has 1 aromatic rings. The van der Waals surface area contributed by atoms with E-state index in [0.29, 0.717) is 12.5 Å². The van der Waals surface area contributed by atoms with Gasteiger partial charge in [0.05, 0.1) is 12.8 Å². The molecule has 1 heterocycles. The molecule has 0 radical (unpaired) electrons. The summed E-state index contributed by atoms with van der Waals surface area (Å²) in [5, 5.41) is 0. The van der Waals surface area contributed by atoms with E-state index >= 15 is 0 Å². The molecule has 3 nitrogen and oxygen atoms in total. The summed E-state index contributed by atoms with van der Waals surface area (Å²) < 4.78 is 47.4. The molecule has 1 aliphatic rings. The van der Waals surface area contributed by atoms with Gasteiger partial charge in [0.15, 0.2) is 6.79 Å². The van der Waals surface area contributed by atoms with E-state index in [4.69, 9.17) is 9.47 Å². The summed E-state index contributed by atoms with van der Waals surface area (Å²) in [4.78, 5) is 3.49. The average molecular weight is 285 g/mol. The fourth-order valence-electron chi connectivity index (χ4n) is 1.30. The van der Waals surface area contributed by atoms with Crippen LogP contribution in [-0.2, 0) is 4.74 Å². The molecule has 18 heavy (non-hydrogen) atoms. The molecule has 1 aromatic heterocycles. The second-order valence-corrected chi connectivity index (χ2v) is 4.11. The van der Waals surface area contributed by atoms with Gasteiger partial charge in [-0.3, -0.25) is 4.98 Å². The zero-order chi connectivity index (χ0) is 12.3. The quantitative estimate of drug-likeness (QED) is 0.378. The minimum atomic E-state index is -5.03. The maximum Gasteiger partial charge on any atom is 1.00 e. The van der Waals surface area contributed by atoms with Crippen molar-refractivity contribution in [3.05, 3.63) is 18.5 Å². The predicted octanol–water partition coefficient (Wildman–Crippen LogP) is -1.10. The van der Waals surface area contributed by atoms with Crippen LogP contribution in [0.1, 0.15) is 12.8 Å². The zero-order valence-corrected chi connectivity index (χ0v) is 13.2. The predicted molar refractivity (Wildman–Crippen MR) is 57.1 cm³/mol. The molecule has 0 atom stereocenters. The van der Waals surface area contributed by atoms with Gasteiger partial charge in [-0.25, -0.2) is 0 Å². The topological polar surface area (TPSA) is 31.4 Å². The summed E-state index contributed by atoms with van der Waals surface area (Å²) in [5.41, 5.74) is -0.760. The van der Waals surface area contributed by atoms with E-state index in [9.17, 15) is 12.9 Å². The summed E-state index contributed by atoms with van der Waals surface area (Å²) in [6, 6.07) is 0.938. The van der Waals surface area contributed by atoms with Crippen molar-refractivity contribution < 1.29 is 73.8 Å². The Hall–Kier alpha value is 0.401. The van der Waals surface area contributed by atoms with Gasteiger partial charge in [0.25, 0.3) is 0 Å². The summed E-state index contributed by atoms with van der Waals surface area (Å²) >= 11 is 0. The molecule has 2 rings (SSSR count). The normalized spacial score (nSPS) is 15.1. The van der Waals surface area contributed by atoms with Gasteiger partial charge in [-0.2, -0.15) is 0 Å². The van der Waals surface area contributed by atoms with Gasteiger partial charge < -0.3 is 22.4 Å². The van der Waals surface area contributed by atoms with Crippen LogP contribution >= 0.6 is 0 Å². The number of hydrogen-bond donors (Lipinski definition) is 0. The first-order valence-electron chi connectivity index (χ1n) is 5.41. The van der Waals surface area contributed by atoms with Crippen molar-refractivity contribution in [1.29, 1.82) is 0 Å². The van der Waals surface area contributed by atoms with Crippen molar-refractivity contribution in [2.45, 2.75) is 12.8 Å². The molecule has 1 fully saturated rings. The fourth-order valence-corrected chi connectivity index (χ4v) is 1.30. The van der Waals surface area contributed by atoms with Crippen molar-refractivity contribution >= 4 is 12.4 Å². The number of rotatable bonds is 6. The molecule has 8 heteroatoms. The Labute approximate surface area is 146 Å². The van der Waals surface area contributed by atoms with E-state index in [-0.39, 0.29) is 63.9 Å². The van der Waals surface area contributed by atoms with Crippen molar-refractivity contribution in [3.63, 3.8) is 0 Å². The van der Waals surface area contributed by atoms with Crippen LogP contribution < -0.4 is 61.6 Å².